The molecule has 2 saturated heterocycles. The smallest absolute Gasteiger partial charge is 0.191 e. The third kappa shape index (κ3) is 6.58. The van der Waals surface area contributed by atoms with Gasteiger partial charge in [0, 0.05) is 26.7 Å². The molecule has 130 valence electrons. The van der Waals surface area contributed by atoms with Crippen LogP contribution in [0.1, 0.15) is 39.0 Å². The minimum atomic E-state index is -0.0222. The molecule has 0 spiro atoms. The first-order valence-electron chi connectivity index (χ1n) is 8.38. The van der Waals surface area contributed by atoms with E-state index in [1.165, 1.54) is 38.8 Å². The molecule has 2 aliphatic rings. The van der Waals surface area contributed by atoms with Crippen molar-refractivity contribution < 1.29 is 4.74 Å². The number of guanidine groups is 1. The van der Waals surface area contributed by atoms with E-state index in [0.29, 0.717) is 0 Å². The quantitative estimate of drug-likeness (QED) is 0.403. The molecule has 1 atom stereocenters. The fourth-order valence-corrected chi connectivity index (χ4v) is 3.21. The number of likely N-dealkylation sites (tertiary alicyclic amines) is 1. The number of nitrogens with one attached hydrogen (secondary N) is 2. The molecule has 2 rings (SSSR count). The maximum atomic E-state index is 5.80. The van der Waals surface area contributed by atoms with Crippen LogP contribution in [0.15, 0.2) is 4.99 Å². The summed E-state index contributed by atoms with van der Waals surface area (Å²) < 4.78 is 5.80. The van der Waals surface area contributed by atoms with Gasteiger partial charge >= 0.3 is 0 Å². The van der Waals surface area contributed by atoms with E-state index in [1.807, 2.05) is 7.05 Å². The number of hydrogen-bond acceptors (Lipinski definition) is 3. The Balaban J connectivity index is 0.00000242. The molecule has 22 heavy (non-hydrogen) atoms. The van der Waals surface area contributed by atoms with Crippen molar-refractivity contribution in [3.8, 4) is 0 Å². The van der Waals surface area contributed by atoms with Crippen LogP contribution >= 0.6 is 24.0 Å². The van der Waals surface area contributed by atoms with Crippen LogP contribution in [0.3, 0.4) is 0 Å². The normalized spacial score (nSPS) is 27.5. The summed E-state index contributed by atoms with van der Waals surface area (Å²) >= 11 is 0. The Bertz CT molecular complexity index is 337. The van der Waals surface area contributed by atoms with E-state index >= 15 is 0 Å². The van der Waals surface area contributed by atoms with Crippen LogP contribution in [0.25, 0.3) is 0 Å². The van der Waals surface area contributed by atoms with E-state index in [2.05, 4.69) is 34.5 Å². The Morgan fingerprint density at radius 3 is 2.64 bits per heavy atom. The second-order valence-corrected chi connectivity index (χ2v) is 6.79. The Hall–Kier alpha value is -0.0800. The highest BCUT2D eigenvalue weighted by atomic mass is 127. The van der Waals surface area contributed by atoms with Crippen molar-refractivity contribution in [2.45, 2.75) is 44.6 Å². The van der Waals surface area contributed by atoms with Gasteiger partial charge in [0.15, 0.2) is 5.96 Å². The Kier molecular flexibility index (Phi) is 9.01. The monoisotopic (exact) mass is 424 g/mol. The third-order valence-electron chi connectivity index (χ3n) is 4.84. The average Bonchev–Trinajstić information content (AvgIpc) is 2.92. The summed E-state index contributed by atoms with van der Waals surface area (Å²) in [5.74, 6) is 1.77. The summed E-state index contributed by atoms with van der Waals surface area (Å²) in [5, 5.41) is 6.84. The van der Waals surface area contributed by atoms with E-state index in [1.54, 1.807) is 0 Å². The van der Waals surface area contributed by atoms with Crippen LogP contribution in [-0.2, 0) is 4.74 Å². The minimum absolute atomic E-state index is 0. The van der Waals surface area contributed by atoms with E-state index in [9.17, 15) is 0 Å². The van der Waals surface area contributed by atoms with Crippen LogP contribution in [0, 0.1) is 5.92 Å². The number of hydrogen-bond donors (Lipinski definition) is 2. The van der Waals surface area contributed by atoms with Crippen molar-refractivity contribution >= 4 is 29.9 Å². The van der Waals surface area contributed by atoms with Gasteiger partial charge in [-0.05, 0) is 65.1 Å². The lowest BCUT2D eigenvalue weighted by molar-refractivity contribution is 0.0243. The molecule has 5 nitrogen and oxygen atoms in total. The molecule has 2 fully saturated rings. The summed E-state index contributed by atoms with van der Waals surface area (Å²) in [6.45, 7) is 7.40. The molecule has 0 amide bonds. The van der Waals surface area contributed by atoms with Crippen LogP contribution < -0.4 is 10.6 Å². The lowest BCUT2D eigenvalue weighted by Crippen LogP contribution is -2.46. The van der Waals surface area contributed by atoms with E-state index in [-0.39, 0.29) is 29.6 Å². The summed E-state index contributed by atoms with van der Waals surface area (Å²) in [4.78, 5) is 6.73. The molecule has 1 unspecified atom stereocenters. The maximum absolute atomic E-state index is 5.80. The van der Waals surface area contributed by atoms with Gasteiger partial charge < -0.3 is 20.3 Å². The zero-order chi connectivity index (χ0) is 15.1. The first-order valence-corrected chi connectivity index (χ1v) is 8.38. The zero-order valence-corrected chi connectivity index (χ0v) is 16.7. The highest BCUT2D eigenvalue weighted by molar-refractivity contribution is 14.0. The summed E-state index contributed by atoms with van der Waals surface area (Å²) in [5.41, 5.74) is -0.0222. The minimum Gasteiger partial charge on any atom is -0.373 e. The highest BCUT2D eigenvalue weighted by Crippen LogP contribution is 2.23. The second kappa shape index (κ2) is 9.93. The van der Waals surface area contributed by atoms with Gasteiger partial charge in [-0.1, -0.05) is 0 Å². The van der Waals surface area contributed by atoms with Crippen molar-refractivity contribution in [3.05, 3.63) is 0 Å². The van der Waals surface area contributed by atoms with Crippen LogP contribution in [0.2, 0.25) is 0 Å². The van der Waals surface area contributed by atoms with Crippen LogP contribution in [-0.4, -0.2) is 63.3 Å². The largest absolute Gasteiger partial charge is 0.373 e. The summed E-state index contributed by atoms with van der Waals surface area (Å²) in [7, 11) is 4.05. The fraction of sp³-hybridized carbons (Fsp3) is 0.938. The Morgan fingerprint density at radius 2 is 2.05 bits per heavy atom. The molecule has 2 heterocycles. The van der Waals surface area contributed by atoms with Crippen molar-refractivity contribution in [3.63, 3.8) is 0 Å². The van der Waals surface area contributed by atoms with Gasteiger partial charge in [-0.2, -0.15) is 0 Å². The fourth-order valence-electron chi connectivity index (χ4n) is 3.21. The molecule has 0 radical (unpaired) electrons. The first-order chi connectivity index (χ1) is 10.1. The second-order valence-electron chi connectivity index (χ2n) is 6.79. The predicted molar refractivity (Wildman–Crippen MR) is 103 cm³/mol. The van der Waals surface area contributed by atoms with Crippen LogP contribution in [0.4, 0.5) is 0 Å². The SMILES string of the molecule is CN=C(NCCC1CCN(C)CC1)NCC1(C)CCCO1.I. The van der Waals surface area contributed by atoms with Crippen LogP contribution in [0.5, 0.6) is 0 Å². The van der Waals surface area contributed by atoms with Crippen molar-refractivity contribution in [2.75, 3.05) is 46.9 Å². The topological polar surface area (TPSA) is 48.9 Å². The van der Waals surface area contributed by atoms with Crippen molar-refractivity contribution in [1.29, 1.82) is 0 Å². The molecule has 6 heteroatoms. The molecule has 0 aromatic heterocycles. The van der Waals surface area contributed by atoms with Crippen molar-refractivity contribution in [1.82, 2.24) is 15.5 Å². The number of halogens is 1. The van der Waals surface area contributed by atoms with Crippen molar-refractivity contribution in [2.24, 2.45) is 10.9 Å². The van der Waals surface area contributed by atoms with Gasteiger partial charge in [0.2, 0.25) is 0 Å². The molecule has 0 saturated carbocycles. The predicted octanol–water partition coefficient (Wildman–Crippen LogP) is 2.07. The van der Waals surface area contributed by atoms with Gasteiger partial charge in [0.05, 0.1) is 5.60 Å². The zero-order valence-electron chi connectivity index (χ0n) is 14.4. The van der Waals surface area contributed by atoms with E-state index in [4.69, 9.17) is 4.74 Å². The van der Waals surface area contributed by atoms with Gasteiger partial charge in [0.1, 0.15) is 0 Å². The molecular weight excluding hydrogens is 391 g/mol. The Labute approximate surface area is 152 Å². The lowest BCUT2D eigenvalue weighted by atomic mass is 9.94. The Morgan fingerprint density at radius 1 is 1.32 bits per heavy atom. The molecule has 2 N–H and O–H groups in total. The molecule has 0 aromatic rings. The highest BCUT2D eigenvalue weighted by Gasteiger charge is 2.29. The van der Waals surface area contributed by atoms with Gasteiger partial charge in [0.25, 0.3) is 0 Å². The molecular formula is C16H33IN4O. The number of nitrogens with zero attached hydrogens (tertiary/aromatic N) is 2. The van der Waals surface area contributed by atoms with Gasteiger partial charge in [-0.25, -0.2) is 0 Å². The third-order valence-corrected chi connectivity index (χ3v) is 4.84. The number of aliphatic imine (C=N–C) groups is 1. The lowest BCUT2D eigenvalue weighted by Gasteiger charge is -2.29. The van der Waals surface area contributed by atoms with E-state index in [0.717, 1.165) is 38.0 Å². The number of rotatable bonds is 5. The molecule has 2 aliphatic heterocycles. The average molecular weight is 424 g/mol. The van der Waals surface area contributed by atoms with E-state index < -0.39 is 0 Å². The van der Waals surface area contributed by atoms with Gasteiger partial charge in [-0.3, -0.25) is 4.99 Å². The molecule has 0 aliphatic carbocycles. The maximum Gasteiger partial charge on any atom is 0.191 e. The summed E-state index contributed by atoms with van der Waals surface area (Å²) in [6.07, 6.45) is 6.20. The molecule has 0 bridgehead atoms. The standard InChI is InChI=1S/C16H32N4O.HI/c1-16(8-4-12-21-16)13-19-15(17-2)18-9-5-14-6-10-20(3)11-7-14;/h14H,4-13H2,1-3H3,(H2,17,18,19);1H. The first kappa shape index (κ1) is 20.0. The number of ether oxygens (including phenoxy) is 1. The summed E-state index contributed by atoms with van der Waals surface area (Å²) in [6, 6.07) is 0. The molecule has 0 aromatic carbocycles. The number of piperidine rings is 1. The van der Waals surface area contributed by atoms with Gasteiger partial charge in [-0.15, -0.1) is 24.0 Å².